The second-order valence-corrected chi connectivity index (χ2v) is 7.19. The topological polar surface area (TPSA) is 55.8 Å². The molecule has 1 aromatic rings. The number of hydrogen-bond donors (Lipinski definition) is 0. The van der Waals surface area contributed by atoms with E-state index in [4.69, 9.17) is 9.47 Å². The normalized spacial score (nSPS) is 12.5. The number of ether oxygens (including phenoxy) is 2. The molecule has 1 atom stereocenters. The highest BCUT2D eigenvalue weighted by Gasteiger charge is 2.21. The first-order valence-electron chi connectivity index (χ1n) is 8.25. The van der Waals surface area contributed by atoms with E-state index in [1.54, 1.807) is 27.8 Å². The fourth-order valence-electron chi connectivity index (χ4n) is 2.13. The summed E-state index contributed by atoms with van der Waals surface area (Å²) in [6.07, 6.45) is -0.106. The van der Waals surface area contributed by atoms with E-state index >= 15 is 0 Å². The predicted molar refractivity (Wildman–Crippen MR) is 93.8 cm³/mol. The Morgan fingerprint density at radius 1 is 1.17 bits per heavy atom. The summed E-state index contributed by atoms with van der Waals surface area (Å²) in [7, 11) is 1.57. The van der Waals surface area contributed by atoms with Gasteiger partial charge in [-0.3, -0.25) is 4.79 Å². The molecular weight excluding hydrogens is 306 g/mol. The van der Waals surface area contributed by atoms with Crippen molar-refractivity contribution >= 4 is 11.9 Å². The van der Waals surface area contributed by atoms with Crippen molar-refractivity contribution in [3.63, 3.8) is 0 Å². The fraction of sp³-hybridized carbons (Fsp3) is 0.579. The first kappa shape index (κ1) is 20.2. The lowest BCUT2D eigenvalue weighted by molar-refractivity contribution is -0.121. The number of amides is 1. The Balaban J connectivity index is 2.27. The average Bonchev–Trinajstić information content (AvgIpc) is 2.46. The molecule has 5 nitrogen and oxygen atoms in total. The van der Waals surface area contributed by atoms with E-state index in [1.165, 1.54) is 4.90 Å². The second kappa shape index (κ2) is 9.42. The molecule has 0 saturated carbocycles. The molecule has 0 aliphatic rings. The summed E-state index contributed by atoms with van der Waals surface area (Å²) >= 11 is 0. The van der Waals surface area contributed by atoms with E-state index in [0.29, 0.717) is 19.6 Å². The standard InChI is InChI=1S/C19H29NO4/c1-15(13-23-14-16-9-7-6-8-10-16)11-17(21)12-20(5)18(22)24-19(2,3)4/h6-10,15H,11-14H2,1-5H3. The number of nitrogens with zero attached hydrogens (tertiary/aromatic N) is 1. The predicted octanol–water partition coefficient (Wildman–Crippen LogP) is 3.67. The molecule has 1 rings (SSSR count). The summed E-state index contributed by atoms with van der Waals surface area (Å²) in [6.45, 7) is 8.47. The van der Waals surface area contributed by atoms with Gasteiger partial charge in [0.2, 0.25) is 0 Å². The van der Waals surface area contributed by atoms with E-state index in [0.717, 1.165) is 5.56 Å². The van der Waals surface area contributed by atoms with Crippen LogP contribution in [0.3, 0.4) is 0 Å². The molecule has 0 fully saturated rings. The number of ketones is 1. The number of benzene rings is 1. The second-order valence-electron chi connectivity index (χ2n) is 7.19. The Bertz CT molecular complexity index is 522. The quantitative estimate of drug-likeness (QED) is 0.727. The molecule has 0 aliphatic heterocycles. The number of likely N-dealkylation sites (N-methyl/N-ethyl adjacent to an activating group) is 1. The lowest BCUT2D eigenvalue weighted by atomic mass is 10.1. The smallest absolute Gasteiger partial charge is 0.410 e. The molecule has 0 aliphatic carbocycles. The van der Waals surface area contributed by atoms with Crippen molar-refractivity contribution in [3.05, 3.63) is 35.9 Å². The molecular formula is C19H29NO4. The van der Waals surface area contributed by atoms with Crippen LogP contribution in [-0.4, -0.2) is 42.6 Å². The zero-order chi connectivity index (χ0) is 18.2. The minimum Gasteiger partial charge on any atom is -0.444 e. The Hall–Kier alpha value is -1.88. The van der Waals surface area contributed by atoms with Crippen LogP contribution in [0.25, 0.3) is 0 Å². The molecule has 0 aromatic heterocycles. The Morgan fingerprint density at radius 2 is 1.79 bits per heavy atom. The van der Waals surface area contributed by atoms with Gasteiger partial charge < -0.3 is 14.4 Å². The summed E-state index contributed by atoms with van der Waals surface area (Å²) in [5.74, 6) is 0.104. The molecule has 0 N–H and O–H groups in total. The van der Waals surface area contributed by atoms with Gasteiger partial charge in [-0.1, -0.05) is 37.3 Å². The van der Waals surface area contributed by atoms with Crippen LogP contribution in [0.4, 0.5) is 4.79 Å². The van der Waals surface area contributed by atoms with Gasteiger partial charge in [-0.15, -0.1) is 0 Å². The molecule has 1 aromatic carbocycles. The van der Waals surface area contributed by atoms with Crippen LogP contribution in [0.15, 0.2) is 30.3 Å². The van der Waals surface area contributed by atoms with E-state index in [1.807, 2.05) is 37.3 Å². The number of hydrogen-bond acceptors (Lipinski definition) is 4. The van der Waals surface area contributed by atoms with Crippen LogP contribution in [0.1, 0.15) is 39.7 Å². The first-order chi connectivity index (χ1) is 11.2. The SMILES string of the molecule is CC(COCc1ccccc1)CC(=O)CN(C)C(=O)OC(C)(C)C. The third-order valence-electron chi connectivity index (χ3n) is 3.21. The molecule has 24 heavy (non-hydrogen) atoms. The maximum atomic E-state index is 12.1. The van der Waals surface area contributed by atoms with E-state index < -0.39 is 11.7 Å². The van der Waals surface area contributed by atoms with Crippen molar-refractivity contribution in [1.82, 2.24) is 4.90 Å². The summed E-state index contributed by atoms with van der Waals surface area (Å²) < 4.78 is 10.9. The number of Topliss-reactive ketones (excluding diaryl/α,β-unsaturated/α-hetero) is 1. The van der Waals surface area contributed by atoms with Gasteiger partial charge in [-0.25, -0.2) is 4.79 Å². The van der Waals surface area contributed by atoms with Crippen molar-refractivity contribution in [1.29, 1.82) is 0 Å². The van der Waals surface area contributed by atoms with Crippen molar-refractivity contribution < 1.29 is 19.1 Å². The monoisotopic (exact) mass is 335 g/mol. The van der Waals surface area contributed by atoms with Gasteiger partial charge in [-0.05, 0) is 32.3 Å². The number of carbonyl (C=O) groups excluding carboxylic acids is 2. The van der Waals surface area contributed by atoms with Gasteiger partial charge >= 0.3 is 6.09 Å². The van der Waals surface area contributed by atoms with Crippen molar-refractivity contribution in [3.8, 4) is 0 Å². The van der Waals surface area contributed by atoms with Crippen LogP contribution in [-0.2, 0) is 20.9 Å². The van der Waals surface area contributed by atoms with Gasteiger partial charge in [0.05, 0.1) is 13.2 Å². The minimum absolute atomic E-state index is 0.000768. The maximum absolute atomic E-state index is 12.1. The lowest BCUT2D eigenvalue weighted by Gasteiger charge is -2.24. The van der Waals surface area contributed by atoms with Crippen molar-refractivity contribution in [2.75, 3.05) is 20.2 Å². The summed E-state index contributed by atoms with van der Waals surface area (Å²) in [4.78, 5) is 25.2. The molecule has 1 amide bonds. The largest absolute Gasteiger partial charge is 0.444 e. The first-order valence-corrected chi connectivity index (χ1v) is 8.25. The molecule has 0 spiro atoms. The third-order valence-corrected chi connectivity index (χ3v) is 3.21. The van der Waals surface area contributed by atoms with E-state index in [-0.39, 0.29) is 18.2 Å². The number of rotatable bonds is 8. The molecule has 134 valence electrons. The highest BCUT2D eigenvalue weighted by molar-refractivity contribution is 5.84. The van der Waals surface area contributed by atoms with Crippen LogP contribution >= 0.6 is 0 Å². The molecule has 0 radical (unpaired) electrons. The van der Waals surface area contributed by atoms with Crippen LogP contribution < -0.4 is 0 Å². The zero-order valence-electron chi connectivity index (χ0n) is 15.4. The van der Waals surface area contributed by atoms with Crippen molar-refractivity contribution in [2.24, 2.45) is 5.92 Å². The zero-order valence-corrected chi connectivity index (χ0v) is 15.4. The van der Waals surface area contributed by atoms with E-state index in [9.17, 15) is 9.59 Å². The average molecular weight is 335 g/mol. The lowest BCUT2D eigenvalue weighted by Crippen LogP contribution is -2.37. The van der Waals surface area contributed by atoms with Crippen LogP contribution in [0.5, 0.6) is 0 Å². The maximum Gasteiger partial charge on any atom is 0.410 e. The van der Waals surface area contributed by atoms with Gasteiger partial charge in [0, 0.05) is 20.1 Å². The summed E-state index contributed by atoms with van der Waals surface area (Å²) in [6, 6.07) is 9.92. The Labute approximate surface area is 144 Å². The van der Waals surface area contributed by atoms with Gasteiger partial charge in [0.15, 0.2) is 5.78 Å². The molecule has 1 unspecified atom stereocenters. The van der Waals surface area contributed by atoms with Crippen LogP contribution in [0.2, 0.25) is 0 Å². The van der Waals surface area contributed by atoms with Crippen LogP contribution in [0, 0.1) is 5.92 Å². The van der Waals surface area contributed by atoms with Gasteiger partial charge in [-0.2, -0.15) is 0 Å². The van der Waals surface area contributed by atoms with Gasteiger partial charge in [0.1, 0.15) is 5.60 Å². The molecule has 0 bridgehead atoms. The Kier molecular flexibility index (Phi) is 7.92. The molecule has 5 heteroatoms. The Morgan fingerprint density at radius 3 is 2.38 bits per heavy atom. The minimum atomic E-state index is -0.563. The molecule has 0 saturated heterocycles. The van der Waals surface area contributed by atoms with Gasteiger partial charge in [0.25, 0.3) is 0 Å². The fourth-order valence-corrected chi connectivity index (χ4v) is 2.13. The number of carbonyl (C=O) groups is 2. The summed E-state index contributed by atoms with van der Waals surface area (Å²) in [5.41, 5.74) is 0.549. The molecule has 0 heterocycles. The highest BCUT2D eigenvalue weighted by Crippen LogP contribution is 2.10. The summed E-state index contributed by atoms with van der Waals surface area (Å²) in [5, 5.41) is 0. The highest BCUT2D eigenvalue weighted by atomic mass is 16.6. The van der Waals surface area contributed by atoms with Crippen molar-refractivity contribution in [2.45, 2.75) is 46.3 Å². The van der Waals surface area contributed by atoms with E-state index in [2.05, 4.69) is 0 Å². The third kappa shape index (κ3) is 8.67.